The highest BCUT2D eigenvalue weighted by Gasteiger charge is 2.28. The van der Waals surface area contributed by atoms with Gasteiger partial charge in [-0.05, 0) is 43.2 Å². The second-order valence-corrected chi connectivity index (χ2v) is 8.64. The highest BCUT2D eigenvalue weighted by Crippen LogP contribution is 2.25. The van der Waals surface area contributed by atoms with Gasteiger partial charge in [0, 0.05) is 13.1 Å². The van der Waals surface area contributed by atoms with E-state index in [1.54, 1.807) is 12.1 Å². The second kappa shape index (κ2) is 8.76. The zero-order valence-electron chi connectivity index (χ0n) is 15.0. The Hall–Kier alpha value is -2.36. The molecule has 2 aromatic rings. The van der Waals surface area contributed by atoms with Gasteiger partial charge in [0.1, 0.15) is 5.76 Å². The molecule has 3 rings (SSSR count). The van der Waals surface area contributed by atoms with Crippen molar-refractivity contribution in [1.82, 2.24) is 14.9 Å². The molecule has 0 atom stereocenters. The van der Waals surface area contributed by atoms with E-state index in [4.69, 9.17) is 16.0 Å². The zero-order chi connectivity index (χ0) is 20.1. The summed E-state index contributed by atoms with van der Waals surface area (Å²) < 4.78 is 31.8. The van der Waals surface area contributed by atoms with Gasteiger partial charge in [-0.15, -0.1) is 0 Å². The van der Waals surface area contributed by atoms with Crippen molar-refractivity contribution in [3.05, 3.63) is 52.9 Å². The molecule has 28 heavy (non-hydrogen) atoms. The molecule has 0 spiro atoms. The SMILES string of the molecule is O=C(CNC(=O)c1cc(S(=O)(=O)N2CCCC2)ccc1Cl)NCc1ccco1. The fourth-order valence-electron chi connectivity index (χ4n) is 2.83. The number of benzene rings is 1. The van der Waals surface area contributed by atoms with Crippen molar-refractivity contribution in [2.75, 3.05) is 19.6 Å². The van der Waals surface area contributed by atoms with Crippen LogP contribution in [-0.2, 0) is 21.4 Å². The molecule has 2 N–H and O–H groups in total. The minimum absolute atomic E-state index is 0.000716. The molecule has 1 aliphatic heterocycles. The van der Waals surface area contributed by atoms with Crippen molar-refractivity contribution in [1.29, 1.82) is 0 Å². The highest BCUT2D eigenvalue weighted by molar-refractivity contribution is 7.89. The maximum atomic E-state index is 12.7. The molecule has 2 amide bonds. The van der Waals surface area contributed by atoms with E-state index in [0.29, 0.717) is 18.8 Å². The summed E-state index contributed by atoms with van der Waals surface area (Å²) in [4.78, 5) is 24.3. The minimum Gasteiger partial charge on any atom is -0.467 e. The monoisotopic (exact) mass is 425 g/mol. The van der Waals surface area contributed by atoms with Crippen molar-refractivity contribution in [3.63, 3.8) is 0 Å². The maximum Gasteiger partial charge on any atom is 0.253 e. The number of hydrogen-bond acceptors (Lipinski definition) is 5. The average Bonchev–Trinajstić information content (AvgIpc) is 3.38. The van der Waals surface area contributed by atoms with Crippen LogP contribution in [0, 0.1) is 0 Å². The predicted molar refractivity (Wildman–Crippen MR) is 102 cm³/mol. The fourth-order valence-corrected chi connectivity index (χ4v) is 4.58. The zero-order valence-corrected chi connectivity index (χ0v) is 16.6. The number of furan rings is 1. The Morgan fingerprint density at radius 1 is 1.14 bits per heavy atom. The molecule has 0 unspecified atom stereocenters. The van der Waals surface area contributed by atoms with Crippen LogP contribution >= 0.6 is 11.6 Å². The van der Waals surface area contributed by atoms with Gasteiger partial charge in [-0.3, -0.25) is 9.59 Å². The number of hydrogen-bond donors (Lipinski definition) is 2. The van der Waals surface area contributed by atoms with Crippen LogP contribution in [0.25, 0.3) is 0 Å². The molecule has 1 aromatic carbocycles. The number of amides is 2. The lowest BCUT2D eigenvalue weighted by atomic mass is 10.2. The summed E-state index contributed by atoms with van der Waals surface area (Å²) in [5.74, 6) is -0.458. The van der Waals surface area contributed by atoms with E-state index in [0.717, 1.165) is 12.8 Å². The van der Waals surface area contributed by atoms with Crippen LogP contribution in [-0.4, -0.2) is 44.2 Å². The van der Waals surface area contributed by atoms with Gasteiger partial charge in [-0.25, -0.2) is 8.42 Å². The van der Waals surface area contributed by atoms with Crippen LogP contribution in [0.15, 0.2) is 45.9 Å². The molecule has 0 bridgehead atoms. The van der Waals surface area contributed by atoms with Gasteiger partial charge in [-0.2, -0.15) is 4.31 Å². The van der Waals surface area contributed by atoms with Crippen LogP contribution in [0.1, 0.15) is 29.0 Å². The Morgan fingerprint density at radius 2 is 1.89 bits per heavy atom. The number of halogens is 1. The number of nitrogens with one attached hydrogen (secondary N) is 2. The number of rotatable bonds is 7. The van der Waals surface area contributed by atoms with Gasteiger partial charge in [0.15, 0.2) is 0 Å². The third-order valence-corrected chi connectivity index (χ3v) is 6.56. The number of carbonyl (C=O) groups is 2. The van der Waals surface area contributed by atoms with Gasteiger partial charge in [-0.1, -0.05) is 11.6 Å². The molecule has 0 radical (unpaired) electrons. The third kappa shape index (κ3) is 4.73. The van der Waals surface area contributed by atoms with Crippen LogP contribution in [0.3, 0.4) is 0 Å². The first kappa shape index (κ1) is 20.4. The van der Waals surface area contributed by atoms with Gasteiger partial charge in [0.25, 0.3) is 5.91 Å². The summed E-state index contributed by atoms with van der Waals surface area (Å²) in [7, 11) is -3.67. The second-order valence-electron chi connectivity index (χ2n) is 6.29. The van der Waals surface area contributed by atoms with E-state index >= 15 is 0 Å². The minimum atomic E-state index is -3.67. The topological polar surface area (TPSA) is 109 Å². The molecule has 1 aliphatic rings. The van der Waals surface area contributed by atoms with Crippen molar-refractivity contribution >= 4 is 33.4 Å². The molecule has 10 heteroatoms. The summed E-state index contributed by atoms with van der Waals surface area (Å²) in [6.45, 7) is 0.843. The van der Waals surface area contributed by atoms with Crippen LogP contribution < -0.4 is 10.6 Å². The Morgan fingerprint density at radius 3 is 2.57 bits per heavy atom. The van der Waals surface area contributed by atoms with E-state index in [1.807, 2.05) is 0 Å². The lowest BCUT2D eigenvalue weighted by Gasteiger charge is -2.16. The van der Waals surface area contributed by atoms with E-state index in [2.05, 4.69) is 10.6 Å². The largest absolute Gasteiger partial charge is 0.467 e. The van der Waals surface area contributed by atoms with Crippen molar-refractivity contribution in [2.45, 2.75) is 24.3 Å². The first-order valence-corrected chi connectivity index (χ1v) is 10.6. The number of sulfonamides is 1. The summed E-state index contributed by atoms with van der Waals surface area (Å²) >= 11 is 6.06. The molecular formula is C18H20ClN3O5S. The molecule has 1 aromatic heterocycles. The summed E-state index contributed by atoms with van der Waals surface area (Å²) in [5.41, 5.74) is 0.000716. The van der Waals surface area contributed by atoms with Crippen LogP contribution in [0.2, 0.25) is 5.02 Å². The lowest BCUT2D eigenvalue weighted by Crippen LogP contribution is -2.36. The molecule has 0 aliphatic carbocycles. The van der Waals surface area contributed by atoms with Gasteiger partial charge in [0.2, 0.25) is 15.9 Å². The Balaban J connectivity index is 1.63. The Bertz CT molecular complexity index is 954. The van der Waals surface area contributed by atoms with E-state index < -0.39 is 21.8 Å². The van der Waals surface area contributed by atoms with E-state index in [1.165, 1.54) is 28.8 Å². The standard InChI is InChI=1S/C18H20ClN3O5S/c19-16-6-5-14(28(25,26)22-7-1-2-8-22)10-15(16)18(24)21-12-17(23)20-11-13-4-3-9-27-13/h3-6,9-10H,1-2,7-8,11-12H2,(H,20,23)(H,21,24). The lowest BCUT2D eigenvalue weighted by molar-refractivity contribution is -0.120. The molecule has 0 saturated carbocycles. The third-order valence-electron chi connectivity index (χ3n) is 4.33. The first-order valence-electron chi connectivity index (χ1n) is 8.75. The van der Waals surface area contributed by atoms with Crippen LogP contribution in [0.5, 0.6) is 0 Å². The number of carbonyl (C=O) groups excluding carboxylic acids is 2. The normalized spacial score (nSPS) is 14.8. The van der Waals surface area contributed by atoms with Gasteiger partial charge < -0.3 is 15.1 Å². The summed E-state index contributed by atoms with van der Waals surface area (Å²) in [6, 6.07) is 7.41. The average molecular weight is 426 g/mol. The van der Waals surface area contributed by atoms with Gasteiger partial charge >= 0.3 is 0 Å². The quantitative estimate of drug-likeness (QED) is 0.702. The summed E-state index contributed by atoms with van der Waals surface area (Å²) in [6.07, 6.45) is 3.12. The molecular weight excluding hydrogens is 406 g/mol. The first-order chi connectivity index (χ1) is 13.4. The summed E-state index contributed by atoms with van der Waals surface area (Å²) in [5, 5.41) is 5.15. The van der Waals surface area contributed by atoms with E-state index in [-0.39, 0.29) is 28.6 Å². The molecule has 1 saturated heterocycles. The fraction of sp³-hybridized carbons (Fsp3) is 0.333. The molecule has 1 fully saturated rings. The number of nitrogens with zero attached hydrogens (tertiary/aromatic N) is 1. The smallest absolute Gasteiger partial charge is 0.253 e. The van der Waals surface area contributed by atoms with Crippen LogP contribution in [0.4, 0.5) is 0 Å². The molecule has 8 nitrogen and oxygen atoms in total. The molecule has 2 heterocycles. The van der Waals surface area contributed by atoms with E-state index in [9.17, 15) is 18.0 Å². The van der Waals surface area contributed by atoms with Crippen molar-refractivity contribution in [2.24, 2.45) is 0 Å². The molecule has 150 valence electrons. The van der Waals surface area contributed by atoms with Crippen molar-refractivity contribution in [3.8, 4) is 0 Å². The predicted octanol–water partition coefficient (Wildman–Crippen LogP) is 1.76. The Labute approximate surface area is 167 Å². The highest BCUT2D eigenvalue weighted by atomic mass is 35.5. The Kier molecular flexibility index (Phi) is 6.38. The van der Waals surface area contributed by atoms with Gasteiger partial charge in [0.05, 0.1) is 34.8 Å². The maximum absolute atomic E-state index is 12.7. The van der Waals surface area contributed by atoms with Crippen molar-refractivity contribution < 1.29 is 22.4 Å².